The SMILES string of the molecule is COCC(Cc1ccccc1)NCC(O)c1ccco1. The molecule has 4 nitrogen and oxygen atoms in total. The van der Waals surface area contributed by atoms with E-state index in [1.165, 1.54) is 5.56 Å². The third-order valence-corrected chi connectivity index (χ3v) is 3.16. The smallest absolute Gasteiger partial charge is 0.133 e. The monoisotopic (exact) mass is 275 g/mol. The molecule has 1 aromatic heterocycles. The van der Waals surface area contributed by atoms with Crippen LogP contribution in [0.3, 0.4) is 0 Å². The maximum atomic E-state index is 10.00. The lowest BCUT2D eigenvalue weighted by molar-refractivity contribution is 0.124. The van der Waals surface area contributed by atoms with E-state index in [0.717, 1.165) is 6.42 Å². The average molecular weight is 275 g/mol. The van der Waals surface area contributed by atoms with Crippen LogP contribution in [0.15, 0.2) is 53.1 Å². The minimum Gasteiger partial charge on any atom is -0.467 e. The number of benzene rings is 1. The Balaban J connectivity index is 1.86. The van der Waals surface area contributed by atoms with Crippen molar-refractivity contribution in [2.24, 2.45) is 0 Å². The third-order valence-electron chi connectivity index (χ3n) is 3.16. The quantitative estimate of drug-likeness (QED) is 0.775. The zero-order valence-corrected chi connectivity index (χ0v) is 11.7. The van der Waals surface area contributed by atoms with Crippen molar-refractivity contribution >= 4 is 0 Å². The summed E-state index contributed by atoms with van der Waals surface area (Å²) in [5, 5.41) is 13.3. The number of aliphatic hydroxyl groups is 1. The van der Waals surface area contributed by atoms with Gasteiger partial charge in [-0.05, 0) is 24.1 Å². The van der Waals surface area contributed by atoms with Crippen LogP contribution in [-0.2, 0) is 11.2 Å². The number of furan rings is 1. The second-order valence-electron chi connectivity index (χ2n) is 4.78. The summed E-state index contributed by atoms with van der Waals surface area (Å²) in [6.45, 7) is 1.04. The Morgan fingerprint density at radius 3 is 2.65 bits per heavy atom. The van der Waals surface area contributed by atoms with Gasteiger partial charge in [-0.3, -0.25) is 0 Å². The van der Waals surface area contributed by atoms with Gasteiger partial charge in [-0.15, -0.1) is 0 Å². The first-order chi connectivity index (χ1) is 9.79. The van der Waals surface area contributed by atoms with Gasteiger partial charge in [0.25, 0.3) is 0 Å². The number of nitrogens with one attached hydrogen (secondary N) is 1. The second-order valence-corrected chi connectivity index (χ2v) is 4.78. The Morgan fingerprint density at radius 1 is 1.20 bits per heavy atom. The topological polar surface area (TPSA) is 54.6 Å². The lowest BCUT2D eigenvalue weighted by Gasteiger charge is -2.19. The van der Waals surface area contributed by atoms with Crippen LogP contribution in [0, 0.1) is 0 Å². The molecule has 1 heterocycles. The lowest BCUT2D eigenvalue weighted by atomic mass is 10.1. The molecule has 2 unspecified atom stereocenters. The van der Waals surface area contributed by atoms with Crippen molar-refractivity contribution in [1.82, 2.24) is 5.32 Å². The van der Waals surface area contributed by atoms with E-state index < -0.39 is 6.10 Å². The van der Waals surface area contributed by atoms with Crippen molar-refractivity contribution < 1.29 is 14.3 Å². The summed E-state index contributed by atoms with van der Waals surface area (Å²) in [6, 6.07) is 13.9. The molecular formula is C16H21NO3. The van der Waals surface area contributed by atoms with E-state index in [2.05, 4.69) is 17.4 Å². The van der Waals surface area contributed by atoms with Crippen LogP contribution >= 0.6 is 0 Å². The maximum Gasteiger partial charge on any atom is 0.133 e. The van der Waals surface area contributed by atoms with Gasteiger partial charge in [-0.25, -0.2) is 0 Å². The van der Waals surface area contributed by atoms with Gasteiger partial charge in [0.15, 0.2) is 0 Å². The van der Waals surface area contributed by atoms with Crippen molar-refractivity contribution in [3.8, 4) is 0 Å². The summed E-state index contributed by atoms with van der Waals surface area (Å²) in [5.74, 6) is 0.577. The van der Waals surface area contributed by atoms with Gasteiger partial charge in [0.1, 0.15) is 11.9 Å². The lowest BCUT2D eigenvalue weighted by Crippen LogP contribution is -2.37. The van der Waals surface area contributed by atoms with E-state index in [1.54, 1.807) is 25.5 Å². The van der Waals surface area contributed by atoms with Crippen LogP contribution in [0.2, 0.25) is 0 Å². The number of aliphatic hydroxyl groups excluding tert-OH is 1. The Morgan fingerprint density at radius 2 is 2.00 bits per heavy atom. The minimum absolute atomic E-state index is 0.159. The first-order valence-corrected chi connectivity index (χ1v) is 6.77. The molecule has 0 aliphatic heterocycles. The maximum absolute atomic E-state index is 10.00. The molecule has 2 rings (SSSR count). The fraction of sp³-hybridized carbons (Fsp3) is 0.375. The highest BCUT2D eigenvalue weighted by atomic mass is 16.5. The first-order valence-electron chi connectivity index (χ1n) is 6.77. The van der Waals surface area contributed by atoms with Crippen molar-refractivity contribution in [2.75, 3.05) is 20.3 Å². The second kappa shape index (κ2) is 7.85. The van der Waals surface area contributed by atoms with Gasteiger partial charge < -0.3 is 19.6 Å². The molecule has 1 aromatic carbocycles. The molecule has 0 aliphatic rings. The molecule has 2 atom stereocenters. The highest BCUT2D eigenvalue weighted by molar-refractivity contribution is 5.16. The van der Waals surface area contributed by atoms with E-state index in [9.17, 15) is 5.11 Å². The summed E-state index contributed by atoms with van der Waals surface area (Å²) in [6.07, 6.45) is 1.79. The van der Waals surface area contributed by atoms with Crippen molar-refractivity contribution in [1.29, 1.82) is 0 Å². The van der Waals surface area contributed by atoms with Gasteiger partial charge in [-0.2, -0.15) is 0 Å². The molecule has 108 valence electrons. The van der Waals surface area contributed by atoms with Gasteiger partial charge in [0.05, 0.1) is 12.9 Å². The number of hydrogen-bond donors (Lipinski definition) is 2. The van der Waals surface area contributed by atoms with Crippen LogP contribution < -0.4 is 5.32 Å². The van der Waals surface area contributed by atoms with Crippen LogP contribution in [-0.4, -0.2) is 31.4 Å². The largest absolute Gasteiger partial charge is 0.467 e. The molecule has 0 spiro atoms. The summed E-state index contributed by atoms with van der Waals surface area (Å²) < 4.78 is 10.4. The Kier molecular flexibility index (Phi) is 5.80. The Labute approximate surface area is 119 Å². The predicted octanol–water partition coefficient (Wildman–Crippen LogP) is 2.16. The zero-order valence-electron chi connectivity index (χ0n) is 11.7. The standard InChI is InChI=1S/C16H21NO3/c1-19-12-14(10-13-6-3-2-4-7-13)17-11-15(18)16-8-5-9-20-16/h2-9,14-15,17-18H,10-12H2,1H3. The van der Waals surface area contributed by atoms with Crippen LogP contribution in [0.4, 0.5) is 0 Å². The summed E-state index contributed by atoms with van der Waals surface area (Å²) in [7, 11) is 1.68. The molecule has 0 aliphatic carbocycles. The molecule has 0 saturated heterocycles. The first kappa shape index (κ1) is 14.8. The highest BCUT2D eigenvalue weighted by Gasteiger charge is 2.14. The van der Waals surface area contributed by atoms with Crippen LogP contribution in [0.1, 0.15) is 17.4 Å². The van der Waals surface area contributed by atoms with E-state index in [0.29, 0.717) is 18.9 Å². The Hall–Kier alpha value is -1.62. The fourth-order valence-corrected chi connectivity index (χ4v) is 2.15. The Bertz CT molecular complexity index is 470. The molecule has 0 bridgehead atoms. The summed E-state index contributed by atoms with van der Waals surface area (Å²) in [5.41, 5.74) is 1.24. The molecular weight excluding hydrogens is 254 g/mol. The van der Waals surface area contributed by atoms with Gasteiger partial charge >= 0.3 is 0 Å². The molecule has 4 heteroatoms. The van der Waals surface area contributed by atoms with E-state index in [1.807, 2.05) is 18.2 Å². The van der Waals surface area contributed by atoms with Crippen molar-refractivity contribution in [3.63, 3.8) is 0 Å². The van der Waals surface area contributed by atoms with Crippen molar-refractivity contribution in [3.05, 3.63) is 60.1 Å². The molecule has 0 amide bonds. The molecule has 0 radical (unpaired) electrons. The van der Waals surface area contributed by atoms with Crippen LogP contribution in [0.5, 0.6) is 0 Å². The molecule has 2 N–H and O–H groups in total. The normalized spacial score (nSPS) is 14.1. The predicted molar refractivity (Wildman–Crippen MR) is 77.5 cm³/mol. The highest BCUT2D eigenvalue weighted by Crippen LogP contribution is 2.12. The van der Waals surface area contributed by atoms with Gasteiger partial charge in [-0.1, -0.05) is 30.3 Å². The molecule has 20 heavy (non-hydrogen) atoms. The molecule has 0 fully saturated rings. The number of hydrogen-bond acceptors (Lipinski definition) is 4. The minimum atomic E-state index is -0.639. The summed E-state index contributed by atoms with van der Waals surface area (Å²) in [4.78, 5) is 0. The van der Waals surface area contributed by atoms with Gasteiger partial charge in [0, 0.05) is 19.7 Å². The molecule has 2 aromatic rings. The number of methoxy groups -OCH3 is 1. The van der Waals surface area contributed by atoms with Crippen molar-refractivity contribution in [2.45, 2.75) is 18.6 Å². The third kappa shape index (κ3) is 4.49. The van der Waals surface area contributed by atoms with E-state index in [4.69, 9.17) is 9.15 Å². The van der Waals surface area contributed by atoms with E-state index >= 15 is 0 Å². The number of rotatable bonds is 8. The summed E-state index contributed by atoms with van der Waals surface area (Å²) >= 11 is 0. The number of ether oxygens (including phenoxy) is 1. The fourth-order valence-electron chi connectivity index (χ4n) is 2.15. The van der Waals surface area contributed by atoms with Crippen LogP contribution in [0.25, 0.3) is 0 Å². The van der Waals surface area contributed by atoms with E-state index in [-0.39, 0.29) is 6.04 Å². The zero-order chi connectivity index (χ0) is 14.2. The van der Waals surface area contributed by atoms with Gasteiger partial charge in [0.2, 0.25) is 0 Å². The average Bonchev–Trinajstić information content (AvgIpc) is 3.00. The molecule has 0 saturated carbocycles.